The van der Waals surface area contributed by atoms with E-state index in [1.165, 1.54) is 0 Å². The normalized spacial score (nSPS) is 17.1. The Hall–Kier alpha value is -1.27. The van der Waals surface area contributed by atoms with Crippen molar-refractivity contribution >= 4 is 23.2 Å². The molecular formula is C11H16N4OS. The van der Waals surface area contributed by atoms with Gasteiger partial charge in [0.2, 0.25) is 5.95 Å². The Bertz CT molecular complexity index is 404. The number of hydrogen-bond donors (Lipinski definition) is 1. The molecule has 0 unspecified atom stereocenters. The Morgan fingerprint density at radius 2 is 2.24 bits per heavy atom. The number of piperidine rings is 1. The first-order valence-electron chi connectivity index (χ1n) is 5.61. The molecule has 0 bridgehead atoms. The van der Waals surface area contributed by atoms with Gasteiger partial charge in [0.1, 0.15) is 10.7 Å². The van der Waals surface area contributed by atoms with E-state index in [-0.39, 0.29) is 0 Å². The highest BCUT2D eigenvalue weighted by atomic mass is 32.1. The van der Waals surface area contributed by atoms with Crippen LogP contribution < -0.4 is 10.6 Å². The van der Waals surface area contributed by atoms with Gasteiger partial charge in [-0.05, 0) is 18.9 Å². The minimum Gasteiger partial charge on any atom is -0.388 e. The van der Waals surface area contributed by atoms with Crippen LogP contribution in [0.2, 0.25) is 0 Å². The number of rotatable bonds is 3. The van der Waals surface area contributed by atoms with E-state index in [0.717, 1.165) is 25.9 Å². The molecule has 0 atom stereocenters. The SMILES string of the molecule is COC1CCN(c2nccc(C(N)=S)n2)CC1. The summed E-state index contributed by atoms with van der Waals surface area (Å²) in [5.41, 5.74) is 6.18. The molecule has 1 aliphatic heterocycles. The van der Waals surface area contributed by atoms with Gasteiger partial charge in [0.15, 0.2) is 0 Å². The molecule has 0 saturated carbocycles. The van der Waals surface area contributed by atoms with E-state index in [2.05, 4.69) is 14.9 Å². The smallest absolute Gasteiger partial charge is 0.225 e. The lowest BCUT2D eigenvalue weighted by Crippen LogP contribution is -2.37. The van der Waals surface area contributed by atoms with Crippen LogP contribution in [0.5, 0.6) is 0 Å². The van der Waals surface area contributed by atoms with Crippen molar-refractivity contribution < 1.29 is 4.74 Å². The monoisotopic (exact) mass is 252 g/mol. The van der Waals surface area contributed by atoms with Gasteiger partial charge in [0.05, 0.1) is 6.10 Å². The Balaban J connectivity index is 2.08. The van der Waals surface area contributed by atoms with E-state index < -0.39 is 0 Å². The third kappa shape index (κ3) is 2.89. The van der Waals surface area contributed by atoms with Crippen molar-refractivity contribution in [2.75, 3.05) is 25.1 Å². The maximum absolute atomic E-state index is 5.56. The van der Waals surface area contributed by atoms with Crippen LogP contribution in [0.25, 0.3) is 0 Å². The van der Waals surface area contributed by atoms with E-state index in [4.69, 9.17) is 22.7 Å². The van der Waals surface area contributed by atoms with E-state index >= 15 is 0 Å². The third-order valence-corrected chi connectivity index (χ3v) is 3.16. The highest BCUT2D eigenvalue weighted by molar-refractivity contribution is 7.80. The van der Waals surface area contributed by atoms with Crippen molar-refractivity contribution in [3.8, 4) is 0 Å². The van der Waals surface area contributed by atoms with Crippen LogP contribution in [-0.4, -0.2) is 41.3 Å². The summed E-state index contributed by atoms with van der Waals surface area (Å²) in [6.07, 6.45) is 4.04. The number of nitrogens with zero attached hydrogens (tertiary/aromatic N) is 3. The second kappa shape index (κ2) is 5.37. The van der Waals surface area contributed by atoms with Gasteiger partial charge in [-0.2, -0.15) is 0 Å². The first kappa shape index (κ1) is 12.2. The number of methoxy groups -OCH3 is 1. The van der Waals surface area contributed by atoms with Crippen molar-refractivity contribution in [1.29, 1.82) is 0 Å². The van der Waals surface area contributed by atoms with Gasteiger partial charge in [-0.3, -0.25) is 0 Å². The Kier molecular flexibility index (Phi) is 3.86. The van der Waals surface area contributed by atoms with Crippen LogP contribution >= 0.6 is 12.2 Å². The van der Waals surface area contributed by atoms with E-state index in [9.17, 15) is 0 Å². The predicted octanol–water partition coefficient (Wildman–Crippen LogP) is 0.726. The molecule has 1 saturated heterocycles. The van der Waals surface area contributed by atoms with Gasteiger partial charge in [-0.15, -0.1) is 0 Å². The zero-order chi connectivity index (χ0) is 12.3. The molecule has 1 aromatic rings. The number of anilines is 1. The molecule has 2 N–H and O–H groups in total. The maximum Gasteiger partial charge on any atom is 0.225 e. The van der Waals surface area contributed by atoms with Crippen LogP contribution in [0.15, 0.2) is 12.3 Å². The fourth-order valence-electron chi connectivity index (χ4n) is 1.93. The molecule has 6 heteroatoms. The summed E-state index contributed by atoms with van der Waals surface area (Å²) in [5.74, 6) is 0.699. The Labute approximate surface area is 106 Å². The average Bonchev–Trinajstić information content (AvgIpc) is 2.39. The lowest BCUT2D eigenvalue weighted by Gasteiger charge is -2.31. The molecule has 92 valence electrons. The summed E-state index contributed by atoms with van der Waals surface area (Å²) >= 11 is 4.91. The minimum atomic E-state index is 0.306. The summed E-state index contributed by atoms with van der Waals surface area (Å²) in [7, 11) is 1.75. The number of aromatic nitrogens is 2. The van der Waals surface area contributed by atoms with Gasteiger partial charge in [0.25, 0.3) is 0 Å². The van der Waals surface area contributed by atoms with E-state index in [1.807, 2.05) is 0 Å². The zero-order valence-electron chi connectivity index (χ0n) is 9.80. The molecule has 0 spiro atoms. The predicted molar refractivity (Wildman–Crippen MR) is 70.2 cm³/mol. The minimum absolute atomic E-state index is 0.306. The van der Waals surface area contributed by atoms with Gasteiger partial charge in [-0.25, -0.2) is 9.97 Å². The van der Waals surface area contributed by atoms with E-state index in [0.29, 0.717) is 22.7 Å². The lowest BCUT2D eigenvalue weighted by atomic mass is 10.1. The zero-order valence-corrected chi connectivity index (χ0v) is 10.6. The van der Waals surface area contributed by atoms with Gasteiger partial charge < -0.3 is 15.4 Å². The Morgan fingerprint density at radius 1 is 1.53 bits per heavy atom. The summed E-state index contributed by atoms with van der Waals surface area (Å²) < 4.78 is 5.33. The topological polar surface area (TPSA) is 64.3 Å². The quantitative estimate of drug-likeness (QED) is 0.800. The fraction of sp³-hybridized carbons (Fsp3) is 0.545. The van der Waals surface area contributed by atoms with Crippen LogP contribution in [-0.2, 0) is 4.74 Å². The van der Waals surface area contributed by atoms with Gasteiger partial charge in [-0.1, -0.05) is 12.2 Å². The molecule has 0 amide bonds. The van der Waals surface area contributed by atoms with Crippen LogP contribution in [0, 0.1) is 0 Å². The Morgan fingerprint density at radius 3 is 2.82 bits per heavy atom. The molecule has 1 aromatic heterocycles. The molecule has 1 fully saturated rings. The lowest BCUT2D eigenvalue weighted by molar-refractivity contribution is 0.0816. The summed E-state index contributed by atoms with van der Waals surface area (Å²) in [4.78, 5) is 11.1. The van der Waals surface area contributed by atoms with Crippen molar-refractivity contribution in [1.82, 2.24) is 9.97 Å². The molecule has 17 heavy (non-hydrogen) atoms. The van der Waals surface area contributed by atoms with Crippen LogP contribution in [0.4, 0.5) is 5.95 Å². The number of nitrogens with two attached hydrogens (primary N) is 1. The van der Waals surface area contributed by atoms with Gasteiger partial charge in [0, 0.05) is 26.4 Å². The molecule has 0 aliphatic carbocycles. The second-order valence-corrected chi connectivity index (χ2v) is 4.47. The fourth-order valence-corrected chi connectivity index (χ4v) is 2.04. The second-order valence-electron chi connectivity index (χ2n) is 4.03. The van der Waals surface area contributed by atoms with Crippen molar-refractivity contribution in [2.24, 2.45) is 5.73 Å². The summed E-state index contributed by atoms with van der Waals surface area (Å²) in [5, 5.41) is 0. The number of thiocarbonyl (C=S) groups is 1. The molecule has 5 nitrogen and oxygen atoms in total. The highest BCUT2D eigenvalue weighted by Gasteiger charge is 2.20. The maximum atomic E-state index is 5.56. The van der Waals surface area contributed by atoms with Gasteiger partial charge >= 0.3 is 0 Å². The molecule has 1 aliphatic rings. The first-order chi connectivity index (χ1) is 8.20. The number of hydrogen-bond acceptors (Lipinski definition) is 5. The van der Waals surface area contributed by atoms with E-state index in [1.54, 1.807) is 19.4 Å². The highest BCUT2D eigenvalue weighted by Crippen LogP contribution is 2.17. The average molecular weight is 252 g/mol. The molecule has 0 radical (unpaired) electrons. The third-order valence-electron chi connectivity index (χ3n) is 2.95. The molecule has 2 rings (SSSR count). The largest absolute Gasteiger partial charge is 0.388 e. The van der Waals surface area contributed by atoms with Crippen molar-refractivity contribution in [3.05, 3.63) is 18.0 Å². The standard InChI is InChI=1S/C11H16N4OS/c1-16-8-3-6-15(7-4-8)11-13-5-2-9(14-11)10(12)17/h2,5,8H,3-4,6-7H2,1H3,(H2,12,17). The molecular weight excluding hydrogens is 236 g/mol. The van der Waals surface area contributed by atoms with Crippen molar-refractivity contribution in [3.63, 3.8) is 0 Å². The summed E-state index contributed by atoms with van der Waals surface area (Å²) in [6, 6.07) is 1.73. The first-order valence-corrected chi connectivity index (χ1v) is 6.02. The molecule has 2 heterocycles. The number of ether oxygens (including phenoxy) is 1. The summed E-state index contributed by atoms with van der Waals surface area (Å²) in [6.45, 7) is 1.80. The van der Waals surface area contributed by atoms with Crippen molar-refractivity contribution in [2.45, 2.75) is 18.9 Å². The van der Waals surface area contributed by atoms with Crippen LogP contribution in [0.3, 0.4) is 0 Å². The molecule has 0 aromatic carbocycles. The van der Waals surface area contributed by atoms with Crippen LogP contribution in [0.1, 0.15) is 18.5 Å².